The summed E-state index contributed by atoms with van der Waals surface area (Å²) in [6.45, 7) is 0. The van der Waals surface area contributed by atoms with Crippen LogP contribution < -0.4 is 4.74 Å². The highest BCUT2D eigenvalue weighted by atomic mass is 35.5. The molecule has 5 nitrogen and oxygen atoms in total. The fourth-order valence-electron chi connectivity index (χ4n) is 1.78. The van der Waals surface area contributed by atoms with Gasteiger partial charge in [0.25, 0.3) is 5.69 Å². The Labute approximate surface area is 114 Å². The van der Waals surface area contributed by atoms with E-state index in [0.29, 0.717) is 5.75 Å². The molecule has 0 spiro atoms. The smallest absolute Gasteiger partial charge is 0.278 e. The molecular formula is C13H10ClNO4. The van der Waals surface area contributed by atoms with Crippen molar-refractivity contribution in [1.82, 2.24) is 0 Å². The number of nitrogens with zero attached hydrogens (tertiary/aromatic N) is 1. The summed E-state index contributed by atoms with van der Waals surface area (Å²) in [5.74, 6) is 0.325. The Hall–Kier alpha value is -2.27. The van der Waals surface area contributed by atoms with Gasteiger partial charge in [0, 0.05) is 17.7 Å². The topological polar surface area (TPSA) is 72.6 Å². The molecule has 0 saturated carbocycles. The summed E-state index contributed by atoms with van der Waals surface area (Å²) >= 11 is 6.01. The SMILES string of the molecule is COc1ccc(-c2c(Cl)cccc2[N+](=O)[O-])c(O)c1. The molecule has 0 fully saturated rings. The Morgan fingerprint density at radius 1 is 1.32 bits per heavy atom. The van der Waals surface area contributed by atoms with Crippen molar-refractivity contribution in [2.45, 2.75) is 0 Å². The maximum absolute atomic E-state index is 11.0. The van der Waals surface area contributed by atoms with Gasteiger partial charge in [-0.1, -0.05) is 17.7 Å². The van der Waals surface area contributed by atoms with Crippen molar-refractivity contribution in [2.24, 2.45) is 0 Å². The van der Waals surface area contributed by atoms with Crippen LogP contribution in [0.1, 0.15) is 0 Å². The Bertz CT molecular complexity index is 643. The zero-order chi connectivity index (χ0) is 14.0. The summed E-state index contributed by atoms with van der Waals surface area (Å²) in [5.41, 5.74) is 0.320. The quantitative estimate of drug-likeness (QED) is 0.688. The van der Waals surface area contributed by atoms with Crippen LogP contribution in [0.4, 0.5) is 5.69 Å². The van der Waals surface area contributed by atoms with Crippen LogP contribution in [0.2, 0.25) is 5.02 Å². The van der Waals surface area contributed by atoms with Gasteiger partial charge in [-0.05, 0) is 18.2 Å². The van der Waals surface area contributed by atoms with Crippen molar-refractivity contribution in [1.29, 1.82) is 0 Å². The number of ether oxygens (including phenoxy) is 1. The van der Waals surface area contributed by atoms with Gasteiger partial charge in [0.15, 0.2) is 0 Å². The molecule has 2 aromatic carbocycles. The molecule has 0 heterocycles. The number of phenols is 1. The van der Waals surface area contributed by atoms with Crippen LogP contribution in [0.15, 0.2) is 36.4 Å². The van der Waals surface area contributed by atoms with E-state index in [2.05, 4.69) is 0 Å². The Kier molecular flexibility index (Phi) is 3.57. The van der Waals surface area contributed by atoms with Crippen LogP contribution in [-0.2, 0) is 0 Å². The summed E-state index contributed by atoms with van der Waals surface area (Å²) in [7, 11) is 1.46. The molecule has 0 bridgehead atoms. The first-order valence-electron chi connectivity index (χ1n) is 5.35. The number of methoxy groups -OCH3 is 1. The fourth-order valence-corrected chi connectivity index (χ4v) is 2.05. The molecule has 0 aliphatic carbocycles. The second kappa shape index (κ2) is 5.16. The first-order chi connectivity index (χ1) is 9.04. The molecule has 98 valence electrons. The molecule has 1 N–H and O–H groups in total. The number of rotatable bonds is 3. The van der Waals surface area contributed by atoms with Crippen molar-refractivity contribution >= 4 is 17.3 Å². The molecule has 0 aliphatic heterocycles. The lowest BCUT2D eigenvalue weighted by Crippen LogP contribution is -1.93. The van der Waals surface area contributed by atoms with Crippen LogP contribution in [0, 0.1) is 10.1 Å². The molecule has 2 rings (SSSR count). The second-order valence-corrected chi connectivity index (χ2v) is 4.18. The average Bonchev–Trinajstić information content (AvgIpc) is 2.38. The van der Waals surface area contributed by atoms with E-state index in [1.165, 1.54) is 37.4 Å². The van der Waals surface area contributed by atoms with Crippen LogP contribution >= 0.6 is 11.6 Å². The van der Waals surface area contributed by atoms with Gasteiger partial charge in [-0.2, -0.15) is 0 Å². The maximum atomic E-state index is 11.0. The zero-order valence-electron chi connectivity index (χ0n) is 9.96. The van der Waals surface area contributed by atoms with Crippen LogP contribution in [0.25, 0.3) is 11.1 Å². The minimum absolute atomic E-state index is 0.129. The standard InChI is InChI=1S/C13H10ClNO4/c1-19-8-5-6-9(12(16)7-8)13-10(14)3-2-4-11(13)15(17)18/h2-7,16H,1H3. The monoisotopic (exact) mass is 279 g/mol. The van der Waals surface area contributed by atoms with E-state index in [9.17, 15) is 15.2 Å². The molecule has 6 heteroatoms. The van der Waals surface area contributed by atoms with Gasteiger partial charge in [-0.25, -0.2) is 0 Å². The zero-order valence-corrected chi connectivity index (χ0v) is 10.7. The Morgan fingerprint density at radius 3 is 2.63 bits per heavy atom. The normalized spacial score (nSPS) is 10.2. The predicted octanol–water partition coefficient (Wildman–Crippen LogP) is 3.63. The van der Waals surface area contributed by atoms with E-state index in [0.717, 1.165) is 0 Å². The highest BCUT2D eigenvalue weighted by molar-refractivity contribution is 6.34. The molecule has 0 aromatic heterocycles. The van der Waals surface area contributed by atoms with Crippen LogP contribution in [-0.4, -0.2) is 17.1 Å². The van der Waals surface area contributed by atoms with Crippen molar-refractivity contribution in [2.75, 3.05) is 7.11 Å². The number of hydrogen-bond donors (Lipinski definition) is 1. The molecular weight excluding hydrogens is 270 g/mol. The average molecular weight is 280 g/mol. The number of nitro benzene ring substituents is 1. The Morgan fingerprint density at radius 2 is 2.05 bits per heavy atom. The van der Waals surface area contributed by atoms with Crippen molar-refractivity contribution < 1.29 is 14.8 Å². The lowest BCUT2D eigenvalue weighted by atomic mass is 10.0. The molecule has 0 radical (unpaired) electrons. The second-order valence-electron chi connectivity index (χ2n) is 3.77. The molecule has 0 atom stereocenters. The molecule has 0 saturated heterocycles. The highest BCUT2D eigenvalue weighted by Crippen LogP contribution is 2.41. The summed E-state index contributed by atoms with van der Waals surface area (Å²) in [6, 6.07) is 8.87. The Balaban J connectivity index is 2.68. The largest absolute Gasteiger partial charge is 0.507 e. The number of hydrogen-bond acceptors (Lipinski definition) is 4. The minimum Gasteiger partial charge on any atom is -0.507 e. The van der Waals surface area contributed by atoms with Crippen LogP contribution in [0.3, 0.4) is 0 Å². The third-order valence-corrected chi connectivity index (χ3v) is 2.98. The van der Waals surface area contributed by atoms with Gasteiger partial charge in [0.2, 0.25) is 0 Å². The van der Waals surface area contributed by atoms with E-state index >= 15 is 0 Å². The van der Waals surface area contributed by atoms with E-state index in [1.54, 1.807) is 6.07 Å². The van der Waals surface area contributed by atoms with Crippen molar-refractivity contribution in [3.63, 3.8) is 0 Å². The lowest BCUT2D eigenvalue weighted by molar-refractivity contribution is -0.384. The molecule has 0 amide bonds. The van der Waals surface area contributed by atoms with Gasteiger partial charge < -0.3 is 9.84 Å². The molecule has 0 aliphatic rings. The number of aromatic hydroxyl groups is 1. The predicted molar refractivity (Wildman–Crippen MR) is 71.8 cm³/mol. The number of phenolic OH excluding ortho intramolecular Hbond substituents is 1. The molecule has 19 heavy (non-hydrogen) atoms. The van der Waals surface area contributed by atoms with E-state index in [-0.39, 0.29) is 27.6 Å². The van der Waals surface area contributed by atoms with Gasteiger partial charge in [-0.15, -0.1) is 0 Å². The van der Waals surface area contributed by atoms with Gasteiger partial charge in [0.1, 0.15) is 11.5 Å². The minimum atomic E-state index is -0.537. The fraction of sp³-hybridized carbons (Fsp3) is 0.0769. The number of nitro groups is 1. The number of benzene rings is 2. The first-order valence-corrected chi connectivity index (χ1v) is 5.72. The lowest BCUT2D eigenvalue weighted by Gasteiger charge is -2.09. The summed E-state index contributed by atoms with van der Waals surface area (Å²) in [4.78, 5) is 10.5. The highest BCUT2D eigenvalue weighted by Gasteiger charge is 2.21. The van der Waals surface area contributed by atoms with E-state index in [1.807, 2.05) is 0 Å². The summed E-state index contributed by atoms with van der Waals surface area (Å²) in [5, 5.41) is 21.2. The van der Waals surface area contributed by atoms with Crippen molar-refractivity contribution in [3.8, 4) is 22.6 Å². The first kappa shape index (κ1) is 13.2. The summed E-state index contributed by atoms with van der Waals surface area (Å²) < 4.78 is 4.97. The van der Waals surface area contributed by atoms with E-state index in [4.69, 9.17) is 16.3 Å². The summed E-state index contributed by atoms with van der Waals surface area (Å²) in [6.07, 6.45) is 0. The maximum Gasteiger partial charge on any atom is 0.278 e. The van der Waals surface area contributed by atoms with Crippen molar-refractivity contribution in [3.05, 3.63) is 51.5 Å². The van der Waals surface area contributed by atoms with Gasteiger partial charge in [-0.3, -0.25) is 10.1 Å². The van der Waals surface area contributed by atoms with Gasteiger partial charge >= 0.3 is 0 Å². The van der Waals surface area contributed by atoms with E-state index < -0.39 is 4.92 Å². The number of halogens is 1. The van der Waals surface area contributed by atoms with Gasteiger partial charge in [0.05, 0.1) is 22.6 Å². The third kappa shape index (κ3) is 2.46. The van der Waals surface area contributed by atoms with Crippen LogP contribution in [0.5, 0.6) is 11.5 Å². The molecule has 0 unspecified atom stereocenters. The molecule has 2 aromatic rings. The third-order valence-electron chi connectivity index (χ3n) is 2.66.